The first-order chi connectivity index (χ1) is 9.94. The molecule has 2 aliphatic rings. The van der Waals surface area contributed by atoms with E-state index in [4.69, 9.17) is 5.11 Å². The number of carbonyl (C=O) groups is 1. The van der Waals surface area contributed by atoms with Crippen LogP contribution in [0.5, 0.6) is 0 Å². The van der Waals surface area contributed by atoms with Crippen LogP contribution in [0.2, 0.25) is 0 Å². The normalized spacial score (nSPS) is 26.3. The van der Waals surface area contributed by atoms with Crippen LogP contribution in [0.4, 0.5) is 0 Å². The first-order valence-electron chi connectivity index (χ1n) is 7.19. The fourth-order valence-electron chi connectivity index (χ4n) is 3.39. The lowest BCUT2D eigenvalue weighted by atomic mass is 9.77. The number of nitrogens with zero attached hydrogens (tertiary/aromatic N) is 1. The Morgan fingerprint density at radius 3 is 2.71 bits per heavy atom. The highest BCUT2D eigenvalue weighted by Crippen LogP contribution is 2.36. The summed E-state index contributed by atoms with van der Waals surface area (Å²) >= 11 is 0. The zero-order chi connectivity index (χ0) is 15.0. The number of carboxylic acids is 1. The van der Waals surface area contributed by atoms with Gasteiger partial charge in [-0.05, 0) is 24.0 Å². The molecule has 0 spiro atoms. The summed E-state index contributed by atoms with van der Waals surface area (Å²) in [7, 11) is -3.00. The number of benzene rings is 1. The Kier molecular flexibility index (Phi) is 3.75. The molecule has 1 aromatic rings. The minimum absolute atomic E-state index is 0.0845. The Hall–Kier alpha value is -1.40. The van der Waals surface area contributed by atoms with Gasteiger partial charge in [0.05, 0.1) is 18.1 Å². The third kappa shape index (κ3) is 3.11. The Bertz CT molecular complexity index is 655. The molecule has 114 valence electrons. The third-order valence-corrected chi connectivity index (χ3v) is 6.23. The summed E-state index contributed by atoms with van der Waals surface area (Å²) in [5.74, 6) is -0.306. The van der Waals surface area contributed by atoms with Crippen LogP contribution in [0.3, 0.4) is 0 Å². The summed E-state index contributed by atoms with van der Waals surface area (Å²) in [5, 5.41) is 9.08. The summed E-state index contributed by atoms with van der Waals surface area (Å²) in [6.45, 7) is 0.544. The Morgan fingerprint density at radius 1 is 1.33 bits per heavy atom. The molecule has 1 heterocycles. The maximum atomic E-state index is 11.6. The van der Waals surface area contributed by atoms with Gasteiger partial charge in [0.1, 0.15) is 0 Å². The Labute approximate surface area is 124 Å². The van der Waals surface area contributed by atoms with Crippen LogP contribution in [0.15, 0.2) is 24.3 Å². The van der Waals surface area contributed by atoms with Crippen molar-refractivity contribution in [2.75, 3.05) is 24.6 Å². The van der Waals surface area contributed by atoms with E-state index in [0.29, 0.717) is 18.9 Å². The van der Waals surface area contributed by atoms with Crippen molar-refractivity contribution < 1.29 is 18.3 Å². The fourth-order valence-corrected chi connectivity index (χ4v) is 5.15. The number of sulfone groups is 1. The van der Waals surface area contributed by atoms with E-state index in [1.54, 1.807) is 0 Å². The average Bonchev–Trinajstić information content (AvgIpc) is 2.74. The van der Waals surface area contributed by atoms with E-state index in [0.717, 1.165) is 6.42 Å². The van der Waals surface area contributed by atoms with Gasteiger partial charge in [-0.25, -0.2) is 8.42 Å². The molecule has 1 N–H and O–H groups in total. The second-order valence-corrected chi connectivity index (χ2v) is 8.21. The minimum Gasteiger partial charge on any atom is -0.480 e. The number of fused-ring (bicyclic) bond motifs is 1. The standard InChI is InChI=1S/C15H19NO4S/c17-15(18)9-16(13-5-6-21(19,20)10-13)8-12-7-11-3-1-2-4-14(11)12/h1-4,12-13H,5-10H2,(H,17,18). The predicted octanol–water partition coefficient (Wildman–Crippen LogP) is 0.900. The van der Waals surface area contributed by atoms with Crippen LogP contribution in [0.1, 0.15) is 23.5 Å². The number of rotatable bonds is 5. The highest BCUT2D eigenvalue weighted by molar-refractivity contribution is 7.91. The highest BCUT2D eigenvalue weighted by atomic mass is 32.2. The van der Waals surface area contributed by atoms with E-state index in [9.17, 15) is 13.2 Å². The molecule has 5 nitrogen and oxygen atoms in total. The van der Waals surface area contributed by atoms with Gasteiger partial charge in [-0.15, -0.1) is 0 Å². The molecule has 1 saturated heterocycles. The van der Waals surface area contributed by atoms with Crippen LogP contribution in [-0.4, -0.2) is 55.0 Å². The molecule has 0 bridgehead atoms. The fraction of sp³-hybridized carbons (Fsp3) is 0.533. The quantitative estimate of drug-likeness (QED) is 0.875. The van der Waals surface area contributed by atoms with Crippen LogP contribution in [0, 0.1) is 0 Å². The molecule has 1 aliphatic carbocycles. The van der Waals surface area contributed by atoms with Crippen molar-refractivity contribution in [3.05, 3.63) is 35.4 Å². The van der Waals surface area contributed by atoms with E-state index < -0.39 is 15.8 Å². The first-order valence-corrected chi connectivity index (χ1v) is 9.01. The van der Waals surface area contributed by atoms with Crippen molar-refractivity contribution in [1.29, 1.82) is 0 Å². The lowest BCUT2D eigenvalue weighted by molar-refractivity contribution is -0.138. The van der Waals surface area contributed by atoms with E-state index in [2.05, 4.69) is 12.1 Å². The van der Waals surface area contributed by atoms with Crippen molar-refractivity contribution in [3.63, 3.8) is 0 Å². The van der Waals surface area contributed by atoms with Gasteiger partial charge < -0.3 is 5.11 Å². The molecule has 0 amide bonds. The zero-order valence-corrected chi connectivity index (χ0v) is 12.6. The van der Waals surface area contributed by atoms with Gasteiger partial charge in [0, 0.05) is 18.5 Å². The molecular weight excluding hydrogens is 290 g/mol. The number of hydrogen-bond acceptors (Lipinski definition) is 4. The summed E-state index contributed by atoms with van der Waals surface area (Å²) < 4.78 is 23.2. The molecule has 2 atom stereocenters. The molecule has 0 aromatic heterocycles. The van der Waals surface area contributed by atoms with Gasteiger partial charge in [-0.2, -0.15) is 0 Å². The van der Waals surface area contributed by atoms with Crippen molar-refractivity contribution >= 4 is 15.8 Å². The van der Waals surface area contributed by atoms with Crippen LogP contribution < -0.4 is 0 Å². The molecule has 3 rings (SSSR count). The summed E-state index contributed by atoms with van der Waals surface area (Å²) in [6, 6.07) is 8.01. The predicted molar refractivity (Wildman–Crippen MR) is 79.2 cm³/mol. The van der Waals surface area contributed by atoms with E-state index in [1.807, 2.05) is 17.0 Å². The molecule has 21 heavy (non-hydrogen) atoms. The second-order valence-electron chi connectivity index (χ2n) is 5.98. The maximum absolute atomic E-state index is 11.6. The Morgan fingerprint density at radius 2 is 2.10 bits per heavy atom. The molecule has 2 unspecified atom stereocenters. The SMILES string of the molecule is O=C(O)CN(CC1Cc2ccccc21)C1CCS(=O)(=O)C1. The van der Waals surface area contributed by atoms with Gasteiger partial charge >= 0.3 is 5.97 Å². The summed E-state index contributed by atoms with van der Waals surface area (Å²) in [5.41, 5.74) is 2.59. The molecule has 6 heteroatoms. The van der Waals surface area contributed by atoms with Crippen molar-refractivity contribution in [1.82, 2.24) is 4.90 Å². The number of aliphatic carboxylic acids is 1. The van der Waals surface area contributed by atoms with Crippen molar-refractivity contribution in [3.8, 4) is 0 Å². The van der Waals surface area contributed by atoms with Gasteiger partial charge in [0.2, 0.25) is 0 Å². The van der Waals surface area contributed by atoms with E-state index >= 15 is 0 Å². The van der Waals surface area contributed by atoms with Gasteiger partial charge in [-0.1, -0.05) is 24.3 Å². The van der Waals surface area contributed by atoms with Crippen LogP contribution in [0.25, 0.3) is 0 Å². The van der Waals surface area contributed by atoms with E-state index in [1.165, 1.54) is 11.1 Å². The minimum atomic E-state index is -3.00. The van der Waals surface area contributed by atoms with Crippen molar-refractivity contribution in [2.45, 2.75) is 24.8 Å². The molecule has 0 saturated carbocycles. The molecular formula is C15H19NO4S. The second kappa shape index (κ2) is 5.42. The lowest BCUT2D eigenvalue weighted by Crippen LogP contribution is -2.44. The van der Waals surface area contributed by atoms with Gasteiger partial charge in [-0.3, -0.25) is 9.69 Å². The number of hydrogen-bond donors (Lipinski definition) is 1. The molecule has 1 fully saturated rings. The lowest BCUT2D eigenvalue weighted by Gasteiger charge is -2.36. The monoisotopic (exact) mass is 309 g/mol. The number of carboxylic acid groups (broad SMARTS) is 1. The van der Waals surface area contributed by atoms with Gasteiger partial charge in [0.15, 0.2) is 9.84 Å². The summed E-state index contributed by atoms with van der Waals surface area (Å²) in [6.07, 6.45) is 1.50. The zero-order valence-electron chi connectivity index (χ0n) is 11.7. The van der Waals surface area contributed by atoms with E-state index in [-0.39, 0.29) is 24.1 Å². The molecule has 0 radical (unpaired) electrons. The molecule has 1 aromatic carbocycles. The topological polar surface area (TPSA) is 74.7 Å². The van der Waals surface area contributed by atoms with Crippen LogP contribution in [-0.2, 0) is 21.1 Å². The molecule has 1 aliphatic heterocycles. The average molecular weight is 309 g/mol. The first kappa shape index (κ1) is 14.5. The Balaban J connectivity index is 1.71. The van der Waals surface area contributed by atoms with Gasteiger partial charge in [0.25, 0.3) is 0 Å². The highest BCUT2D eigenvalue weighted by Gasteiger charge is 2.36. The van der Waals surface area contributed by atoms with Crippen LogP contribution >= 0.6 is 0 Å². The van der Waals surface area contributed by atoms with Crippen molar-refractivity contribution in [2.24, 2.45) is 0 Å². The smallest absolute Gasteiger partial charge is 0.317 e. The summed E-state index contributed by atoms with van der Waals surface area (Å²) in [4.78, 5) is 12.9. The maximum Gasteiger partial charge on any atom is 0.317 e. The largest absolute Gasteiger partial charge is 0.480 e. The third-order valence-electron chi connectivity index (χ3n) is 4.48.